The Hall–Kier alpha value is -1.05. The van der Waals surface area contributed by atoms with E-state index in [-0.39, 0.29) is 34.4 Å². The van der Waals surface area contributed by atoms with E-state index < -0.39 is 12.6 Å². The summed E-state index contributed by atoms with van der Waals surface area (Å²) in [6.45, 7) is 5.44. The molecule has 0 bridgehead atoms. The molecule has 0 aliphatic carbocycles. The topological polar surface area (TPSA) is 54.0 Å². The number of halogens is 1. The predicted octanol–water partition coefficient (Wildman–Crippen LogP) is 1.65. The summed E-state index contributed by atoms with van der Waals surface area (Å²) in [5.74, 6) is 1.11. The minimum Gasteiger partial charge on any atom is -1.00 e. The zero-order valence-corrected chi connectivity index (χ0v) is 18.8. The van der Waals surface area contributed by atoms with Crippen molar-refractivity contribution in [1.29, 1.82) is 0 Å². The van der Waals surface area contributed by atoms with Crippen LogP contribution in [0.1, 0.15) is 31.2 Å². The second-order valence-corrected chi connectivity index (χ2v) is 7.54. The van der Waals surface area contributed by atoms with Crippen LogP contribution < -0.4 is 33.6 Å². The number of rotatable bonds is 9. The molecule has 2 aromatic rings. The van der Waals surface area contributed by atoms with Crippen LogP contribution in [0, 0.1) is 6.92 Å². The van der Waals surface area contributed by atoms with Crippen LogP contribution in [-0.4, -0.2) is 32.3 Å². The van der Waals surface area contributed by atoms with Gasteiger partial charge in [-0.05, 0) is 53.1 Å². The summed E-state index contributed by atoms with van der Waals surface area (Å²) in [4.78, 5) is 12.9. The molecule has 0 heterocycles. The van der Waals surface area contributed by atoms with Gasteiger partial charge in [0, 0.05) is 31.2 Å². The first-order valence-corrected chi connectivity index (χ1v) is 9.83. The molecular formula is C20H25ClLiO5P. The van der Waals surface area contributed by atoms with Crippen molar-refractivity contribution in [3.63, 3.8) is 0 Å². The number of methoxy groups -OCH3 is 2. The molecule has 0 fully saturated rings. The van der Waals surface area contributed by atoms with Crippen LogP contribution in [0.15, 0.2) is 36.4 Å². The van der Waals surface area contributed by atoms with Crippen molar-refractivity contribution in [2.24, 2.45) is 0 Å². The number of carbonyl (C=O) groups is 1. The number of aryl methyl sites for hydroxylation is 1. The smallest absolute Gasteiger partial charge is 1.00 e. The molecule has 0 N–H and O–H groups in total. The van der Waals surface area contributed by atoms with Gasteiger partial charge in [-0.25, -0.2) is 0 Å². The van der Waals surface area contributed by atoms with Crippen molar-refractivity contribution in [3.05, 3.63) is 52.5 Å². The van der Waals surface area contributed by atoms with E-state index in [4.69, 9.17) is 30.5 Å². The Bertz CT molecular complexity index is 788. The van der Waals surface area contributed by atoms with Gasteiger partial charge in [0.2, 0.25) is 0 Å². The monoisotopic (exact) mass is 418 g/mol. The first-order chi connectivity index (χ1) is 12.8. The molecule has 28 heavy (non-hydrogen) atoms. The first kappa shape index (κ1) is 25.0. The Balaban J connectivity index is 0.00000392. The molecule has 0 aliphatic rings. The summed E-state index contributed by atoms with van der Waals surface area (Å²) in [5, 5.41) is 1.20. The van der Waals surface area contributed by atoms with Crippen molar-refractivity contribution in [2.75, 3.05) is 14.2 Å². The summed E-state index contributed by atoms with van der Waals surface area (Å²) in [6.07, 6.45) is -0.876. The minimum atomic E-state index is -0.471. The maximum Gasteiger partial charge on any atom is 1.00 e. The predicted molar refractivity (Wildman–Crippen MR) is 110 cm³/mol. The van der Waals surface area contributed by atoms with Crippen LogP contribution in [0.3, 0.4) is 0 Å². The van der Waals surface area contributed by atoms with E-state index in [0.717, 1.165) is 10.9 Å². The number of hydrogen-bond acceptors (Lipinski definition) is 5. The molecule has 0 saturated carbocycles. The van der Waals surface area contributed by atoms with Gasteiger partial charge in [0.25, 0.3) is 0 Å². The molecule has 0 aliphatic heterocycles. The Morgan fingerprint density at radius 2 is 1.71 bits per heavy atom. The Labute approximate surface area is 186 Å². The summed E-state index contributed by atoms with van der Waals surface area (Å²) in [5.41, 5.74) is 1.34. The second kappa shape index (κ2) is 11.8. The zero-order valence-electron chi connectivity index (χ0n) is 18.0. The molecule has 5 nitrogen and oxygen atoms in total. The van der Waals surface area contributed by atoms with E-state index in [9.17, 15) is 4.79 Å². The summed E-state index contributed by atoms with van der Waals surface area (Å²) >= 11 is 6.23. The van der Waals surface area contributed by atoms with Gasteiger partial charge in [0.1, 0.15) is 11.5 Å². The summed E-state index contributed by atoms with van der Waals surface area (Å²) in [6, 6.07) is 10.8. The van der Waals surface area contributed by atoms with E-state index in [1.165, 1.54) is 0 Å². The average Bonchev–Trinajstić information content (AvgIpc) is 2.63. The van der Waals surface area contributed by atoms with Crippen molar-refractivity contribution in [1.82, 2.24) is 0 Å². The number of ether oxygens (including phenoxy) is 4. The molecule has 2 rings (SSSR count). The maximum absolute atomic E-state index is 12.9. The molecule has 2 aromatic carbocycles. The number of hydrogen-bond donors (Lipinski definition) is 0. The molecule has 148 valence electrons. The van der Waals surface area contributed by atoms with Crippen molar-refractivity contribution in [2.45, 2.75) is 33.4 Å². The normalized spacial score (nSPS) is 13.1. The van der Waals surface area contributed by atoms with E-state index in [2.05, 4.69) is 0 Å². The Kier molecular flexibility index (Phi) is 10.6. The standard InChI is InChI=1S/C20H24ClO5P.Li.H/c1-12-7-6-8-16(21)19(12)20(22)27-18-10-9-15(25-13(2)23-4)11-17(18)26-14(3)24-5;;/h6-11,13-14,27H,1-5H3;;/q;+1;-1. The molecule has 0 aromatic heterocycles. The van der Waals surface area contributed by atoms with Crippen molar-refractivity contribution in [3.8, 4) is 11.5 Å². The van der Waals surface area contributed by atoms with Gasteiger partial charge in [-0.1, -0.05) is 23.7 Å². The molecular weight excluding hydrogens is 394 g/mol. The van der Waals surface area contributed by atoms with Crippen LogP contribution in [-0.2, 0) is 9.47 Å². The second-order valence-electron chi connectivity index (χ2n) is 5.89. The summed E-state index contributed by atoms with van der Waals surface area (Å²) < 4.78 is 21.8. The molecule has 0 radical (unpaired) electrons. The summed E-state index contributed by atoms with van der Waals surface area (Å²) in [7, 11) is 2.97. The average molecular weight is 419 g/mol. The number of carbonyl (C=O) groups excluding carboxylic acids is 1. The van der Waals surface area contributed by atoms with Gasteiger partial charge in [-0.3, -0.25) is 4.79 Å². The fraction of sp³-hybridized carbons (Fsp3) is 0.350. The quantitative estimate of drug-likeness (QED) is 0.352. The zero-order chi connectivity index (χ0) is 20.0. The van der Waals surface area contributed by atoms with E-state index >= 15 is 0 Å². The molecule has 3 atom stereocenters. The first-order valence-electron chi connectivity index (χ1n) is 8.45. The van der Waals surface area contributed by atoms with Crippen molar-refractivity contribution < 1.29 is 44.0 Å². The fourth-order valence-electron chi connectivity index (χ4n) is 2.35. The van der Waals surface area contributed by atoms with Crippen LogP contribution in [0.5, 0.6) is 11.5 Å². The SMILES string of the molecule is COC(C)Oc1ccc(PC(=O)c2c(C)cccc2Cl)c(OC(C)OC)c1.[H-].[Li+]. The molecule has 8 heteroatoms. The molecule has 3 unspecified atom stereocenters. The Morgan fingerprint density at radius 3 is 2.32 bits per heavy atom. The maximum atomic E-state index is 12.9. The van der Waals surface area contributed by atoms with E-state index in [1.807, 2.05) is 25.1 Å². The van der Waals surface area contributed by atoms with Crippen LogP contribution >= 0.6 is 20.2 Å². The van der Waals surface area contributed by atoms with E-state index in [1.54, 1.807) is 46.3 Å². The number of benzene rings is 2. The molecule has 0 saturated heterocycles. The van der Waals surface area contributed by atoms with Crippen LogP contribution in [0.4, 0.5) is 0 Å². The van der Waals surface area contributed by atoms with Gasteiger partial charge < -0.3 is 20.4 Å². The third-order valence-electron chi connectivity index (χ3n) is 3.91. The Morgan fingerprint density at radius 1 is 1.07 bits per heavy atom. The van der Waals surface area contributed by atoms with Gasteiger partial charge in [-0.15, -0.1) is 0 Å². The molecule has 0 spiro atoms. The van der Waals surface area contributed by atoms with Crippen molar-refractivity contribution >= 4 is 31.0 Å². The molecule has 0 amide bonds. The third kappa shape index (κ3) is 6.78. The van der Waals surface area contributed by atoms with Gasteiger partial charge >= 0.3 is 18.9 Å². The van der Waals surface area contributed by atoms with Gasteiger partial charge in [0.15, 0.2) is 18.1 Å². The van der Waals surface area contributed by atoms with Crippen LogP contribution in [0.25, 0.3) is 0 Å². The fourth-order valence-corrected chi connectivity index (χ4v) is 3.86. The van der Waals surface area contributed by atoms with Gasteiger partial charge in [-0.2, -0.15) is 0 Å². The van der Waals surface area contributed by atoms with Gasteiger partial charge in [0.05, 0.1) is 5.02 Å². The third-order valence-corrected chi connectivity index (χ3v) is 5.38. The van der Waals surface area contributed by atoms with Crippen LogP contribution in [0.2, 0.25) is 5.02 Å². The minimum absolute atomic E-state index is 0. The van der Waals surface area contributed by atoms with E-state index in [0.29, 0.717) is 22.1 Å². The largest absolute Gasteiger partial charge is 1.00 e.